The number of hydrogen-bond acceptors (Lipinski definition) is 3. The summed E-state index contributed by atoms with van der Waals surface area (Å²) in [5, 5.41) is 0. The van der Waals surface area contributed by atoms with Gasteiger partial charge >= 0.3 is 5.69 Å². The molecule has 0 radical (unpaired) electrons. The smallest absolute Gasteiger partial charge is 0.292 e. The number of hydrogen-bond donors (Lipinski definition) is 0. The van der Waals surface area contributed by atoms with E-state index >= 15 is 0 Å². The molecule has 1 aromatic carbocycles. The van der Waals surface area contributed by atoms with Gasteiger partial charge in [-0.1, -0.05) is 12.1 Å². The molecule has 0 amide bonds. The maximum Gasteiger partial charge on any atom is 0.347 e. The van der Waals surface area contributed by atoms with Crippen molar-refractivity contribution in [1.82, 2.24) is 9.55 Å². The van der Waals surface area contributed by atoms with Gasteiger partial charge in [-0.2, -0.15) is 0 Å². The minimum absolute atomic E-state index is 0.143. The molecule has 0 bridgehead atoms. The highest BCUT2D eigenvalue weighted by Gasteiger charge is 2.08. The topological polar surface area (TPSA) is 52.0 Å². The Hall–Kier alpha value is -2.30. The van der Waals surface area contributed by atoms with E-state index in [1.165, 1.54) is 35.2 Å². The fourth-order valence-electron chi connectivity index (χ4n) is 1.42. The van der Waals surface area contributed by atoms with Crippen LogP contribution in [0.1, 0.15) is 10.4 Å². The van der Waals surface area contributed by atoms with Gasteiger partial charge in [0.15, 0.2) is 5.78 Å². The number of benzene rings is 1. The van der Waals surface area contributed by atoms with E-state index in [0.717, 1.165) is 6.07 Å². The summed E-state index contributed by atoms with van der Waals surface area (Å²) in [6, 6.07) is 6.92. The molecule has 5 heteroatoms. The van der Waals surface area contributed by atoms with Gasteiger partial charge in [0.2, 0.25) is 0 Å². The van der Waals surface area contributed by atoms with Gasteiger partial charge in [0, 0.05) is 18.0 Å². The molecule has 0 aliphatic heterocycles. The van der Waals surface area contributed by atoms with Gasteiger partial charge in [0.25, 0.3) is 0 Å². The molecule has 0 aliphatic carbocycles. The number of carbonyl (C=O) groups excluding carboxylic acids is 1. The second-order valence-corrected chi connectivity index (χ2v) is 3.46. The first kappa shape index (κ1) is 11.2. The zero-order valence-electron chi connectivity index (χ0n) is 8.84. The van der Waals surface area contributed by atoms with E-state index in [9.17, 15) is 14.0 Å². The molecule has 1 aromatic heterocycles. The second kappa shape index (κ2) is 4.69. The maximum absolute atomic E-state index is 12.9. The average Bonchev–Trinajstić information content (AvgIpc) is 2.32. The Kier molecular flexibility index (Phi) is 3.09. The van der Waals surface area contributed by atoms with E-state index in [0.29, 0.717) is 0 Å². The van der Waals surface area contributed by atoms with Gasteiger partial charge in [0.1, 0.15) is 5.82 Å². The molecule has 0 N–H and O–H groups in total. The van der Waals surface area contributed by atoms with Crippen molar-refractivity contribution in [3.05, 3.63) is 64.6 Å². The summed E-state index contributed by atoms with van der Waals surface area (Å²) < 4.78 is 14.1. The van der Waals surface area contributed by atoms with Crippen LogP contribution in [-0.4, -0.2) is 15.3 Å². The van der Waals surface area contributed by atoms with Crippen LogP contribution in [0.4, 0.5) is 4.39 Å². The molecule has 0 saturated carbocycles. The number of Topliss-reactive ketones (excluding diaryl/α,β-unsaturated/α-hetero) is 1. The van der Waals surface area contributed by atoms with Gasteiger partial charge in [-0.15, -0.1) is 0 Å². The largest absolute Gasteiger partial charge is 0.347 e. The SMILES string of the molecule is O=C(Cn1cccnc1=O)c1cccc(F)c1. The highest BCUT2D eigenvalue weighted by Crippen LogP contribution is 2.05. The summed E-state index contributed by atoms with van der Waals surface area (Å²) in [5.74, 6) is -0.811. The van der Waals surface area contributed by atoms with Crippen molar-refractivity contribution in [1.29, 1.82) is 0 Å². The van der Waals surface area contributed by atoms with Crippen molar-refractivity contribution >= 4 is 5.78 Å². The third kappa shape index (κ3) is 2.63. The number of carbonyl (C=O) groups is 1. The summed E-state index contributed by atoms with van der Waals surface area (Å²) in [5.41, 5.74) is -0.266. The Balaban J connectivity index is 2.23. The lowest BCUT2D eigenvalue weighted by atomic mass is 10.1. The Labute approximate surface area is 96.4 Å². The fraction of sp³-hybridized carbons (Fsp3) is 0.0833. The molecule has 86 valence electrons. The van der Waals surface area contributed by atoms with Crippen LogP contribution in [0.15, 0.2) is 47.5 Å². The van der Waals surface area contributed by atoms with E-state index < -0.39 is 11.5 Å². The Morgan fingerprint density at radius 3 is 2.88 bits per heavy atom. The first-order chi connectivity index (χ1) is 8.16. The number of rotatable bonds is 3. The molecule has 4 nitrogen and oxygen atoms in total. The van der Waals surface area contributed by atoms with Gasteiger partial charge in [-0.3, -0.25) is 9.36 Å². The predicted molar refractivity (Wildman–Crippen MR) is 59.2 cm³/mol. The van der Waals surface area contributed by atoms with E-state index in [1.54, 1.807) is 6.07 Å². The van der Waals surface area contributed by atoms with E-state index in [2.05, 4.69) is 4.98 Å². The molecular formula is C12H9FN2O2. The van der Waals surface area contributed by atoms with Crippen LogP contribution in [0, 0.1) is 5.82 Å². The van der Waals surface area contributed by atoms with E-state index in [1.807, 2.05) is 0 Å². The van der Waals surface area contributed by atoms with Crippen LogP contribution < -0.4 is 5.69 Å². The van der Waals surface area contributed by atoms with Crippen molar-refractivity contribution < 1.29 is 9.18 Å². The van der Waals surface area contributed by atoms with Crippen LogP contribution >= 0.6 is 0 Å². The summed E-state index contributed by atoms with van der Waals surface area (Å²) in [6.07, 6.45) is 2.82. The molecule has 2 aromatic rings. The summed E-state index contributed by atoms with van der Waals surface area (Å²) >= 11 is 0. The molecule has 0 unspecified atom stereocenters. The lowest BCUT2D eigenvalue weighted by Gasteiger charge is -2.03. The quantitative estimate of drug-likeness (QED) is 0.749. The number of halogens is 1. The van der Waals surface area contributed by atoms with Crippen molar-refractivity contribution in [2.24, 2.45) is 0 Å². The molecule has 0 aliphatic rings. The number of aromatic nitrogens is 2. The molecule has 1 heterocycles. The summed E-state index contributed by atoms with van der Waals surface area (Å²) in [6.45, 7) is -0.143. The maximum atomic E-state index is 12.9. The lowest BCUT2D eigenvalue weighted by molar-refractivity contribution is 0.0970. The standard InChI is InChI=1S/C12H9FN2O2/c13-10-4-1-3-9(7-10)11(16)8-15-6-2-5-14-12(15)17/h1-7H,8H2. The highest BCUT2D eigenvalue weighted by molar-refractivity contribution is 5.95. The first-order valence-corrected chi connectivity index (χ1v) is 4.97. The zero-order valence-corrected chi connectivity index (χ0v) is 8.84. The molecule has 17 heavy (non-hydrogen) atoms. The van der Waals surface area contributed by atoms with Crippen molar-refractivity contribution in [2.45, 2.75) is 6.54 Å². The second-order valence-electron chi connectivity index (χ2n) is 3.46. The van der Waals surface area contributed by atoms with Gasteiger partial charge in [0.05, 0.1) is 6.54 Å². The molecule has 0 spiro atoms. The number of ketones is 1. The van der Waals surface area contributed by atoms with Crippen LogP contribution in [0.25, 0.3) is 0 Å². The molecular weight excluding hydrogens is 223 g/mol. The fourth-order valence-corrected chi connectivity index (χ4v) is 1.42. The minimum Gasteiger partial charge on any atom is -0.292 e. The van der Waals surface area contributed by atoms with Crippen molar-refractivity contribution in [2.75, 3.05) is 0 Å². The lowest BCUT2D eigenvalue weighted by Crippen LogP contribution is -2.25. The molecule has 0 saturated heterocycles. The van der Waals surface area contributed by atoms with Crippen LogP contribution in [-0.2, 0) is 6.54 Å². The Morgan fingerprint density at radius 2 is 2.18 bits per heavy atom. The Bertz CT molecular complexity index is 607. The summed E-state index contributed by atoms with van der Waals surface area (Å²) in [4.78, 5) is 26.6. The Morgan fingerprint density at radius 1 is 1.35 bits per heavy atom. The van der Waals surface area contributed by atoms with Crippen LogP contribution in [0.2, 0.25) is 0 Å². The van der Waals surface area contributed by atoms with Gasteiger partial charge in [-0.25, -0.2) is 14.2 Å². The van der Waals surface area contributed by atoms with E-state index in [4.69, 9.17) is 0 Å². The number of nitrogens with zero attached hydrogens (tertiary/aromatic N) is 2. The molecule has 0 atom stereocenters. The third-order valence-electron chi connectivity index (χ3n) is 2.24. The highest BCUT2D eigenvalue weighted by atomic mass is 19.1. The minimum atomic E-state index is -0.503. The third-order valence-corrected chi connectivity index (χ3v) is 2.24. The predicted octanol–water partition coefficient (Wildman–Crippen LogP) is 1.27. The van der Waals surface area contributed by atoms with E-state index in [-0.39, 0.29) is 17.9 Å². The van der Waals surface area contributed by atoms with Crippen LogP contribution in [0.5, 0.6) is 0 Å². The molecule has 2 rings (SSSR count). The first-order valence-electron chi connectivity index (χ1n) is 4.97. The zero-order chi connectivity index (χ0) is 12.3. The molecule has 0 fully saturated rings. The van der Waals surface area contributed by atoms with Crippen molar-refractivity contribution in [3.8, 4) is 0 Å². The van der Waals surface area contributed by atoms with Gasteiger partial charge in [-0.05, 0) is 18.2 Å². The average molecular weight is 232 g/mol. The van der Waals surface area contributed by atoms with Crippen molar-refractivity contribution in [3.63, 3.8) is 0 Å². The monoisotopic (exact) mass is 232 g/mol. The summed E-state index contributed by atoms with van der Waals surface area (Å²) in [7, 11) is 0. The van der Waals surface area contributed by atoms with Gasteiger partial charge < -0.3 is 0 Å². The normalized spacial score (nSPS) is 10.2. The van der Waals surface area contributed by atoms with Crippen LogP contribution in [0.3, 0.4) is 0 Å².